The molecule has 1 N–H and O–H groups in total. The molecular weight excluding hydrogens is 262 g/mol. The molecule has 3 aromatic rings. The van der Waals surface area contributed by atoms with Crippen LogP contribution < -0.4 is 5.32 Å². The van der Waals surface area contributed by atoms with Crippen LogP contribution in [-0.2, 0) is 6.54 Å². The smallest absolute Gasteiger partial charge is 0.138 e. The van der Waals surface area contributed by atoms with Crippen LogP contribution in [0.15, 0.2) is 40.9 Å². The maximum absolute atomic E-state index is 9.19. The molecule has 0 atom stereocenters. The van der Waals surface area contributed by atoms with Gasteiger partial charge in [0.15, 0.2) is 0 Å². The van der Waals surface area contributed by atoms with Crippen LogP contribution in [-0.4, -0.2) is 5.16 Å². The van der Waals surface area contributed by atoms with Crippen LogP contribution in [0, 0.1) is 25.2 Å². The highest BCUT2D eigenvalue weighted by atomic mass is 16.5. The van der Waals surface area contributed by atoms with Crippen LogP contribution in [0.3, 0.4) is 0 Å². The average Bonchev–Trinajstić information content (AvgIpc) is 2.83. The van der Waals surface area contributed by atoms with Crippen molar-refractivity contribution >= 4 is 16.5 Å². The Hall–Kier alpha value is -2.80. The minimum Gasteiger partial charge on any atom is -0.380 e. The van der Waals surface area contributed by atoms with E-state index in [0.717, 1.165) is 33.5 Å². The third-order valence-corrected chi connectivity index (χ3v) is 3.68. The highest BCUT2D eigenvalue weighted by Crippen LogP contribution is 2.27. The zero-order valence-corrected chi connectivity index (χ0v) is 12.0. The zero-order chi connectivity index (χ0) is 14.8. The molecule has 0 aliphatic carbocycles. The number of hydrogen-bond donors (Lipinski definition) is 1. The van der Waals surface area contributed by atoms with Gasteiger partial charge in [-0.2, -0.15) is 5.26 Å². The van der Waals surface area contributed by atoms with Gasteiger partial charge in [-0.3, -0.25) is 0 Å². The second-order valence-electron chi connectivity index (χ2n) is 4.97. The van der Waals surface area contributed by atoms with E-state index in [1.54, 1.807) is 0 Å². The van der Waals surface area contributed by atoms with Crippen molar-refractivity contribution in [3.8, 4) is 6.07 Å². The first kappa shape index (κ1) is 13.2. The van der Waals surface area contributed by atoms with Crippen molar-refractivity contribution in [2.24, 2.45) is 0 Å². The van der Waals surface area contributed by atoms with Crippen LogP contribution in [0.1, 0.15) is 22.6 Å². The monoisotopic (exact) mass is 277 g/mol. The van der Waals surface area contributed by atoms with E-state index in [1.807, 2.05) is 50.2 Å². The minimum atomic E-state index is 0.650. The van der Waals surface area contributed by atoms with Crippen molar-refractivity contribution in [2.45, 2.75) is 20.4 Å². The fourth-order valence-corrected chi connectivity index (χ4v) is 2.49. The Morgan fingerprint density at radius 3 is 2.57 bits per heavy atom. The Balaban J connectivity index is 1.97. The number of hydrogen-bond acceptors (Lipinski definition) is 4. The lowest BCUT2D eigenvalue weighted by Crippen LogP contribution is -2.02. The average molecular weight is 277 g/mol. The summed E-state index contributed by atoms with van der Waals surface area (Å²) >= 11 is 0. The Labute approximate surface area is 123 Å². The van der Waals surface area contributed by atoms with Gasteiger partial charge in [-0.15, -0.1) is 0 Å². The quantitative estimate of drug-likeness (QED) is 0.788. The molecule has 0 fully saturated rings. The SMILES string of the molecule is Cc1noc(C)c1CNc1ccc(C#N)c2ccccc12. The van der Waals surface area contributed by atoms with E-state index in [9.17, 15) is 5.26 Å². The molecular formula is C17H15N3O. The molecule has 4 heteroatoms. The normalized spacial score (nSPS) is 10.5. The molecule has 0 unspecified atom stereocenters. The Morgan fingerprint density at radius 1 is 1.14 bits per heavy atom. The first-order valence-electron chi connectivity index (χ1n) is 6.78. The fraction of sp³-hybridized carbons (Fsp3) is 0.176. The van der Waals surface area contributed by atoms with Gasteiger partial charge in [-0.05, 0) is 26.0 Å². The highest BCUT2D eigenvalue weighted by molar-refractivity contribution is 5.97. The lowest BCUT2D eigenvalue weighted by atomic mass is 10.0. The predicted octanol–water partition coefficient (Wildman–Crippen LogP) is 3.93. The number of benzene rings is 2. The summed E-state index contributed by atoms with van der Waals surface area (Å²) in [5.74, 6) is 0.831. The molecule has 0 bridgehead atoms. The molecule has 1 aromatic heterocycles. The molecule has 2 aromatic carbocycles. The highest BCUT2D eigenvalue weighted by Gasteiger charge is 2.10. The van der Waals surface area contributed by atoms with E-state index in [2.05, 4.69) is 16.5 Å². The van der Waals surface area contributed by atoms with Gasteiger partial charge >= 0.3 is 0 Å². The van der Waals surface area contributed by atoms with Crippen LogP contribution >= 0.6 is 0 Å². The first-order chi connectivity index (χ1) is 10.2. The van der Waals surface area contributed by atoms with Crippen molar-refractivity contribution in [1.82, 2.24) is 5.16 Å². The van der Waals surface area contributed by atoms with Gasteiger partial charge in [0.05, 0.1) is 17.3 Å². The lowest BCUT2D eigenvalue weighted by Gasteiger charge is -2.10. The second-order valence-corrected chi connectivity index (χ2v) is 4.97. The fourth-order valence-electron chi connectivity index (χ4n) is 2.49. The summed E-state index contributed by atoms with van der Waals surface area (Å²) < 4.78 is 5.17. The van der Waals surface area contributed by atoms with Crippen molar-refractivity contribution in [1.29, 1.82) is 5.26 Å². The number of nitrogens with one attached hydrogen (secondary N) is 1. The van der Waals surface area contributed by atoms with Crippen LogP contribution in [0.25, 0.3) is 10.8 Å². The van der Waals surface area contributed by atoms with Gasteiger partial charge in [-0.1, -0.05) is 29.4 Å². The van der Waals surface area contributed by atoms with Gasteiger partial charge in [0.25, 0.3) is 0 Å². The van der Waals surface area contributed by atoms with E-state index in [4.69, 9.17) is 4.52 Å². The molecule has 0 amide bonds. The summed E-state index contributed by atoms with van der Waals surface area (Å²) in [5.41, 5.74) is 3.67. The summed E-state index contributed by atoms with van der Waals surface area (Å²) in [6.45, 7) is 4.50. The second kappa shape index (κ2) is 5.29. The molecule has 4 nitrogen and oxygen atoms in total. The zero-order valence-electron chi connectivity index (χ0n) is 12.0. The third-order valence-electron chi connectivity index (χ3n) is 3.68. The maximum atomic E-state index is 9.19. The summed E-state index contributed by atoms with van der Waals surface area (Å²) in [4.78, 5) is 0. The van der Waals surface area contributed by atoms with Crippen molar-refractivity contribution in [3.05, 3.63) is 59.0 Å². The number of nitrogens with zero attached hydrogens (tertiary/aromatic N) is 2. The van der Waals surface area contributed by atoms with Gasteiger partial charge in [0, 0.05) is 28.6 Å². The Kier molecular flexibility index (Phi) is 3.33. The van der Waals surface area contributed by atoms with E-state index < -0.39 is 0 Å². The third kappa shape index (κ3) is 2.34. The first-order valence-corrected chi connectivity index (χ1v) is 6.78. The molecule has 0 aliphatic rings. The van der Waals surface area contributed by atoms with Crippen LogP contribution in [0.2, 0.25) is 0 Å². The largest absolute Gasteiger partial charge is 0.380 e. The van der Waals surface area contributed by atoms with Gasteiger partial charge in [-0.25, -0.2) is 0 Å². The molecule has 3 rings (SSSR count). The standard InChI is InChI=1S/C17H15N3O/c1-11-16(12(2)21-20-11)10-19-17-8-7-13(9-18)14-5-3-4-6-15(14)17/h3-8,19H,10H2,1-2H3. The number of rotatable bonds is 3. The van der Waals surface area contributed by atoms with Crippen molar-refractivity contribution in [3.63, 3.8) is 0 Å². The van der Waals surface area contributed by atoms with Crippen molar-refractivity contribution in [2.75, 3.05) is 5.32 Å². The van der Waals surface area contributed by atoms with E-state index >= 15 is 0 Å². The summed E-state index contributed by atoms with van der Waals surface area (Å²) in [7, 11) is 0. The molecule has 104 valence electrons. The molecule has 1 heterocycles. The maximum Gasteiger partial charge on any atom is 0.138 e. The number of aryl methyl sites for hydroxylation is 2. The van der Waals surface area contributed by atoms with Crippen LogP contribution in [0.4, 0.5) is 5.69 Å². The lowest BCUT2D eigenvalue weighted by molar-refractivity contribution is 0.392. The molecule has 21 heavy (non-hydrogen) atoms. The van der Waals surface area contributed by atoms with Gasteiger partial charge < -0.3 is 9.84 Å². The number of nitriles is 1. The summed E-state index contributed by atoms with van der Waals surface area (Å²) in [6.07, 6.45) is 0. The van der Waals surface area contributed by atoms with Crippen LogP contribution in [0.5, 0.6) is 0 Å². The van der Waals surface area contributed by atoms with E-state index in [0.29, 0.717) is 12.1 Å². The molecule has 0 saturated carbocycles. The van der Waals surface area contributed by atoms with Gasteiger partial charge in [0.1, 0.15) is 5.76 Å². The molecule has 0 spiro atoms. The van der Waals surface area contributed by atoms with Crippen molar-refractivity contribution < 1.29 is 4.52 Å². The predicted molar refractivity (Wildman–Crippen MR) is 82.0 cm³/mol. The van der Waals surface area contributed by atoms with E-state index in [-0.39, 0.29) is 0 Å². The minimum absolute atomic E-state index is 0.650. The Bertz CT molecular complexity index is 823. The Morgan fingerprint density at radius 2 is 1.90 bits per heavy atom. The van der Waals surface area contributed by atoms with Gasteiger partial charge in [0.2, 0.25) is 0 Å². The molecule has 0 radical (unpaired) electrons. The molecule has 0 saturated heterocycles. The summed E-state index contributed by atoms with van der Waals surface area (Å²) in [5, 5.41) is 18.6. The topological polar surface area (TPSA) is 61.9 Å². The van der Waals surface area contributed by atoms with E-state index in [1.165, 1.54) is 0 Å². The number of aromatic nitrogens is 1. The number of fused-ring (bicyclic) bond motifs is 1. The molecule has 0 aliphatic heterocycles. The number of anilines is 1. The summed E-state index contributed by atoms with van der Waals surface area (Å²) in [6, 6.07) is 13.9.